The Labute approximate surface area is 250 Å². The Bertz CT molecular complexity index is 2040. The molecule has 1 aliphatic rings. The van der Waals surface area contributed by atoms with Gasteiger partial charge in [0.1, 0.15) is 35.2 Å². The first-order valence-corrected chi connectivity index (χ1v) is 14.0. The normalized spacial score (nSPS) is 13.1. The van der Waals surface area contributed by atoms with Crippen molar-refractivity contribution >= 4 is 62.5 Å². The molecule has 0 unspecified atom stereocenters. The quantitative estimate of drug-likeness (QED) is 0.151. The molecule has 0 aliphatic carbocycles. The highest BCUT2D eigenvalue weighted by Crippen LogP contribution is 2.44. The molecule has 0 radical (unpaired) electrons. The number of nitrogens with zero attached hydrogens (tertiary/aromatic N) is 4. The fourth-order valence-electron chi connectivity index (χ4n) is 5.76. The van der Waals surface area contributed by atoms with Gasteiger partial charge < -0.3 is 19.4 Å². The van der Waals surface area contributed by atoms with Crippen LogP contribution >= 0.6 is 11.6 Å². The minimum absolute atomic E-state index is 0.0569. The highest BCUT2D eigenvalue weighted by atomic mass is 35.5. The van der Waals surface area contributed by atoms with E-state index >= 15 is 0 Å². The number of aryl methyl sites for hydroxylation is 3. The monoisotopic (exact) mass is 601 g/mol. The number of fused-ring (bicyclic) bond motifs is 4. The molecule has 2 aromatic heterocycles. The van der Waals surface area contributed by atoms with E-state index in [0.29, 0.717) is 22.1 Å². The fraction of sp³-hybridized carbons (Fsp3) is 0.188. The molecule has 3 aromatic carbocycles. The van der Waals surface area contributed by atoms with E-state index in [0.717, 1.165) is 46.2 Å². The molecule has 6 rings (SSSR count). The summed E-state index contributed by atoms with van der Waals surface area (Å²) in [6, 6.07) is 9.30. The van der Waals surface area contributed by atoms with Crippen molar-refractivity contribution in [3.05, 3.63) is 88.9 Å². The van der Waals surface area contributed by atoms with Gasteiger partial charge in [-0.1, -0.05) is 24.3 Å². The van der Waals surface area contributed by atoms with Crippen molar-refractivity contribution < 1.29 is 23.2 Å². The third-order valence-corrected chi connectivity index (χ3v) is 8.09. The van der Waals surface area contributed by atoms with Gasteiger partial charge in [-0.25, -0.2) is 13.8 Å². The van der Waals surface area contributed by atoms with Gasteiger partial charge in [0, 0.05) is 59.9 Å². The van der Waals surface area contributed by atoms with Crippen molar-refractivity contribution in [3.63, 3.8) is 0 Å². The molecule has 218 valence electrons. The van der Waals surface area contributed by atoms with E-state index in [-0.39, 0.29) is 29.5 Å². The first kappa shape index (κ1) is 28.3. The van der Waals surface area contributed by atoms with Crippen LogP contribution < -0.4 is 10.2 Å². The molecule has 8 nitrogen and oxygen atoms in total. The zero-order chi connectivity index (χ0) is 30.7. The number of imidazole rings is 1. The van der Waals surface area contributed by atoms with Gasteiger partial charge in [0.25, 0.3) is 0 Å². The lowest BCUT2D eigenvalue weighted by Gasteiger charge is -2.26. The summed E-state index contributed by atoms with van der Waals surface area (Å²) in [5, 5.41) is 2.67. The number of halogens is 3. The van der Waals surface area contributed by atoms with Gasteiger partial charge in [0.2, 0.25) is 11.8 Å². The molecular weight excluding hydrogens is 576 g/mol. The van der Waals surface area contributed by atoms with E-state index in [2.05, 4.69) is 5.32 Å². The molecule has 1 aliphatic heterocycles. The van der Waals surface area contributed by atoms with Crippen LogP contribution in [0.2, 0.25) is 0 Å². The number of carbonyl (C=O) groups is 3. The van der Waals surface area contributed by atoms with Gasteiger partial charge in [-0.15, -0.1) is 11.6 Å². The first-order valence-electron chi connectivity index (χ1n) is 13.4. The number of carbonyl (C=O) groups excluding carboxylic acids is 3. The molecule has 0 saturated heterocycles. The molecule has 2 amide bonds. The standard InChI is InChI=1S/C32H26ClF2N5O3/c1-16-11-24-29(36-17(2)38(24)3)31-27(16)20-8-5-7-19-21(14-40(30(19)20)15-26(42)39(31)4)32(43)18-12-22(34)28(23(35)13-18)37-25(41)9-6-10-33/h5-9,11-14H,10,15H2,1-4H3,(H,37,41)/b9-6+. The van der Waals surface area contributed by atoms with E-state index in [9.17, 15) is 23.2 Å². The first-order chi connectivity index (χ1) is 20.5. The fourth-order valence-corrected chi connectivity index (χ4v) is 5.84. The number of hydrogen-bond acceptors (Lipinski definition) is 4. The predicted octanol–water partition coefficient (Wildman–Crippen LogP) is 6.03. The number of likely N-dealkylation sites (N-methyl/N-ethyl adjacent to an activating group) is 1. The molecular formula is C32H26ClF2N5O3. The third-order valence-electron chi connectivity index (χ3n) is 7.91. The maximum absolute atomic E-state index is 15.0. The van der Waals surface area contributed by atoms with Gasteiger partial charge in [-0.05, 0) is 37.6 Å². The minimum atomic E-state index is -1.10. The van der Waals surface area contributed by atoms with Crippen molar-refractivity contribution in [2.24, 2.45) is 7.05 Å². The second kappa shape index (κ2) is 10.5. The Balaban J connectivity index is 1.52. The molecule has 11 heteroatoms. The summed E-state index contributed by atoms with van der Waals surface area (Å²) in [7, 11) is 3.64. The molecule has 0 atom stereocenters. The van der Waals surface area contributed by atoms with Crippen molar-refractivity contribution in [1.82, 2.24) is 14.1 Å². The van der Waals surface area contributed by atoms with Gasteiger partial charge in [0.15, 0.2) is 5.78 Å². The molecule has 0 spiro atoms. The Morgan fingerprint density at radius 2 is 1.84 bits per heavy atom. The number of nitrogens with one attached hydrogen (secondary N) is 1. The van der Waals surface area contributed by atoms with Crippen LogP contribution in [0.15, 0.2) is 54.7 Å². The molecule has 1 N–H and O–H groups in total. The van der Waals surface area contributed by atoms with Crippen molar-refractivity contribution in [3.8, 4) is 11.1 Å². The number of amides is 2. The molecule has 0 fully saturated rings. The summed E-state index contributed by atoms with van der Waals surface area (Å²) in [5.41, 5.74) is 4.72. The number of ketones is 1. The van der Waals surface area contributed by atoms with Gasteiger partial charge in [-0.3, -0.25) is 14.4 Å². The van der Waals surface area contributed by atoms with Crippen LogP contribution in [0, 0.1) is 25.5 Å². The minimum Gasteiger partial charge on any atom is -0.337 e. The smallest absolute Gasteiger partial charge is 0.248 e. The highest BCUT2D eigenvalue weighted by molar-refractivity contribution is 6.20. The number of aromatic nitrogens is 3. The molecule has 0 saturated carbocycles. The zero-order valence-corrected chi connectivity index (χ0v) is 24.5. The lowest BCUT2D eigenvalue weighted by molar-refractivity contribution is -0.118. The third kappa shape index (κ3) is 4.49. The average Bonchev–Trinajstić information content (AvgIpc) is 3.48. The van der Waals surface area contributed by atoms with Crippen LogP contribution in [0.5, 0.6) is 0 Å². The Hall–Kier alpha value is -4.83. The second-order valence-electron chi connectivity index (χ2n) is 10.5. The van der Waals surface area contributed by atoms with Crippen molar-refractivity contribution in [2.75, 3.05) is 23.1 Å². The van der Waals surface area contributed by atoms with E-state index in [1.165, 1.54) is 6.08 Å². The summed E-state index contributed by atoms with van der Waals surface area (Å²) in [6.45, 7) is 3.80. The van der Waals surface area contributed by atoms with E-state index in [1.807, 2.05) is 43.7 Å². The zero-order valence-electron chi connectivity index (χ0n) is 23.8. The summed E-state index contributed by atoms with van der Waals surface area (Å²) in [4.78, 5) is 45.7. The van der Waals surface area contributed by atoms with E-state index < -0.39 is 29.0 Å². The lowest BCUT2D eigenvalue weighted by atomic mass is 9.93. The van der Waals surface area contributed by atoms with Crippen LogP contribution in [-0.2, 0) is 23.2 Å². The predicted molar refractivity (Wildman–Crippen MR) is 163 cm³/mol. The van der Waals surface area contributed by atoms with Crippen LogP contribution in [0.1, 0.15) is 27.3 Å². The van der Waals surface area contributed by atoms with Crippen molar-refractivity contribution in [2.45, 2.75) is 20.4 Å². The molecule has 0 bridgehead atoms. The van der Waals surface area contributed by atoms with Crippen LogP contribution in [0.25, 0.3) is 33.1 Å². The number of benzene rings is 3. The van der Waals surface area contributed by atoms with Gasteiger partial charge >= 0.3 is 0 Å². The number of para-hydroxylation sites is 1. The Kier molecular flexibility index (Phi) is 6.89. The van der Waals surface area contributed by atoms with Crippen LogP contribution in [-0.4, -0.2) is 44.6 Å². The number of anilines is 2. The molecule has 43 heavy (non-hydrogen) atoms. The number of allylic oxidation sites excluding steroid dienone is 1. The molecule has 3 heterocycles. The average molecular weight is 602 g/mol. The summed E-state index contributed by atoms with van der Waals surface area (Å²) in [6.07, 6.45) is 3.94. The maximum Gasteiger partial charge on any atom is 0.248 e. The maximum atomic E-state index is 15.0. The van der Waals surface area contributed by atoms with Crippen molar-refractivity contribution in [1.29, 1.82) is 0 Å². The highest BCUT2D eigenvalue weighted by Gasteiger charge is 2.30. The Morgan fingerprint density at radius 3 is 2.53 bits per heavy atom. The number of hydrogen-bond donors (Lipinski definition) is 1. The topological polar surface area (TPSA) is 89.2 Å². The number of alkyl halides is 1. The summed E-state index contributed by atoms with van der Waals surface area (Å²) in [5.74, 6) is -2.96. The lowest BCUT2D eigenvalue weighted by Crippen LogP contribution is -2.31. The second-order valence-corrected chi connectivity index (χ2v) is 10.8. The summed E-state index contributed by atoms with van der Waals surface area (Å²) >= 11 is 5.51. The van der Waals surface area contributed by atoms with E-state index in [4.69, 9.17) is 16.6 Å². The number of rotatable bonds is 5. The summed E-state index contributed by atoms with van der Waals surface area (Å²) < 4.78 is 33.6. The van der Waals surface area contributed by atoms with E-state index in [1.54, 1.807) is 28.8 Å². The SMILES string of the molecule is Cc1cc2c(nc(C)n2C)c2c1-c1cccc3c(C(=O)c4cc(F)c(NC(=O)/C=C/CCl)c(F)c4)cn(c13)CC(=O)N2C. The largest absolute Gasteiger partial charge is 0.337 e. The Morgan fingerprint density at radius 1 is 1.12 bits per heavy atom. The van der Waals surface area contributed by atoms with Gasteiger partial charge in [0.05, 0.1) is 16.7 Å². The molecule has 5 aromatic rings. The van der Waals surface area contributed by atoms with Crippen LogP contribution in [0.4, 0.5) is 20.2 Å². The van der Waals surface area contributed by atoms with Gasteiger partial charge in [-0.2, -0.15) is 0 Å². The van der Waals surface area contributed by atoms with Crippen LogP contribution in [0.3, 0.4) is 0 Å².